The van der Waals surface area contributed by atoms with Crippen LogP contribution in [-0.4, -0.2) is 45.3 Å². The minimum Gasteiger partial charge on any atom is -0.368 e. The first kappa shape index (κ1) is 18.5. The van der Waals surface area contributed by atoms with Gasteiger partial charge in [0.15, 0.2) is 0 Å². The highest BCUT2D eigenvalue weighted by Gasteiger charge is 2.28. The van der Waals surface area contributed by atoms with Crippen LogP contribution < -0.4 is 0 Å². The third-order valence-corrected chi connectivity index (χ3v) is 5.47. The Morgan fingerprint density at radius 3 is 2.53 bits per heavy atom. The molecule has 1 fully saturated rings. The Bertz CT molecular complexity index is 1160. The highest BCUT2D eigenvalue weighted by molar-refractivity contribution is 5.79. The molecule has 0 bridgehead atoms. The normalized spacial score (nSPS) is 16.7. The molecule has 3 heterocycles. The Balaban J connectivity index is 1.35. The van der Waals surface area contributed by atoms with Crippen LogP contribution in [-0.2, 0) is 16.0 Å². The molecule has 1 aliphatic heterocycles. The number of ether oxygens (including phenoxy) is 1. The van der Waals surface area contributed by atoms with E-state index in [9.17, 15) is 4.79 Å². The van der Waals surface area contributed by atoms with Gasteiger partial charge in [0, 0.05) is 18.3 Å². The zero-order chi connectivity index (χ0) is 20.3. The number of benzene rings is 2. The first-order valence-corrected chi connectivity index (χ1v) is 10.1. The van der Waals surface area contributed by atoms with Crippen LogP contribution in [0.1, 0.15) is 17.4 Å². The summed E-state index contributed by atoms with van der Waals surface area (Å²) >= 11 is 0. The molecule has 1 saturated heterocycles. The maximum atomic E-state index is 12.8. The van der Waals surface area contributed by atoms with Crippen LogP contribution in [0.3, 0.4) is 0 Å². The number of rotatable bonds is 4. The Morgan fingerprint density at radius 1 is 0.967 bits per heavy atom. The summed E-state index contributed by atoms with van der Waals surface area (Å²) in [5, 5.41) is 8.68. The predicted octanol–water partition coefficient (Wildman–Crippen LogP) is 3.54. The highest BCUT2D eigenvalue weighted by atomic mass is 16.5. The summed E-state index contributed by atoms with van der Waals surface area (Å²) in [5.41, 5.74) is 4.89. The molecule has 0 unspecified atom stereocenters. The Labute approximate surface area is 174 Å². The van der Waals surface area contributed by atoms with Gasteiger partial charge in [0.05, 0.1) is 25.1 Å². The third-order valence-electron chi connectivity index (χ3n) is 5.47. The molecular formula is C24H22N4O2. The van der Waals surface area contributed by atoms with Crippen LogP contribution >= 0.6 is 0 Å². The van der Waals surface area contributed by atoms with Gasteiger partial charge < -0.3 is 9.64 Å². The van der Waals surface area contributed by atoms with E-state index in [1.807, 2.05) is 65.7 Å². The number of pyridine rings is 1. The van der Waals surface area contributed by atoms with Crippen LogP contribution in [0, 0.1) is 0 Å². The second-order valence-corrected chi connectivity index (χ2v) is 7.45. The smallest absolute Gasteiger partial charge is 0.227 e. The number of hydrogen-bond acceptors (Lipinski definition) is 4. The van der Waals surface area contributed by atoms with Crippen molar-refractivity contribution in [3.63, 3.8) is 0 Å². The zero-order valence-corrected chi connectivity index (χ0v) is 16.5. The number of carbonyl (C=O) groups excluding carboxylic acids is 1. The van der Waals surface area contributed by atoms with Gasteiger partial charge in [-0.15, -0.1) is 5.10 Å². The summed E-state index contributed by atoms with van der Waals surface area (Å²) in [5.74, 6) is 0.109. The van der Waals surface area contributed by atoms with E-state index >= 15 is 0 Å². The molecule has 2 aromatic carbocycles. The highest BCUT2D eigenvalue weighted by Crippen LogP contribution is 2.27. The van der Waals surface area contributed by atoms with Gasteiger partial charge in [-0.3, -0.25) is 4.79 Å². The van der Waals surface area contributed by atoms with Gasteiger partial charge >= 0.3 is 0 Å². The van der Waals surface area contributed by atoms with Gasteiger partial charge in [0.1, 0.15) is 11.8 Å². The number of aromatic nitrogens is 3. The number of hydrogen-bond donors (Lipinski definition) is 0. The SMILES string of the molecule is O=C(Cc1ccccc1)N1CCO[C@@H](c2nnn3cc(-c4ccccc4)ccc23)C1. The largest absolute Gasteiger partial charge is 0.368 e. The van der Waals surface area contributed by atoms with Crippen molar-refractivity contribution in [1.29, 1.82) is 0 Å². The number of morpholine rings is 1. The zero-order valence-electron chi connectivity index (χ0n) is 16.5. The van der Waals surface area contributed by atoms with Crippen LogP contribution in [0.2, 0.25) is 0 Å². The number of carbonyl (C=O) groups is 1. The van der Waals surface area contributed by atoms with Gasteiger partial charge in [-0.2, -0.15) is 0 Å². The summed E-state index contributed by atoms with van der Waals surface area (Å²) < 4.78 is 7.75. The standard InChI is InChI=1S/C24H22N4O2/c29-23(15-18-7-3-1-4-8-18)27-13-14-30-22(17-27)24-21-12-11-20(16-28(21)26-25-24)19-9-5-2-6-10-19/h1-12,16,22H,13-15,17H2/t22-/m1/s1. The number of nitrogens with zero attached hydrogens (tertiary/aromatic N) is 4. The van der Waals surface area contributed by atoms with E-state index in [-0.39, 0.29) is 12.0 Å². The Kier molecular flexibility index (Phi) is 4.99. The maximum absolute atomic E-state index is 12.8. The molecule has 0 spiro atoms. The topological polar surface area (TPSA) is 59.7 Å². The predicted molar refractivity (Wildman–Crippen MR) is 114 cm³/mol. The first-order chi connectivity index (χ1) is 14.8. The second-order valence-electron chi connectivity index (χ2n) is 7.45. The van der Waals surface area contributed by atoms with Gasteiger partial charge in [0.25, 0.3) is 0 Å². The molecule has 5 rings (SSSR count). The van der Waals surface area contributed by atoms with E-state index in [0.29, 0.717) is 26.1 Å². The van der Waals surface area contributed by atoms with Gasteiger partial charge in [0.2, 0.25) is 5.91 Å². The summed E-state index contributed by atoms with van der Waals surface area (Å²) in [6, 6.07) is 24.1. The van der Waals surface area contributed by atoms with E-state index in [4.69, 9.17) is 4.74 Å². The summed E-state index contributed by atoms with van der Waals surface area (Å²) in [6.07, 6.45) is 2.09. The van der Waals surface area contributed by atoms with Crippen LogP contribution in [0.4, 0.5) is 0 Å². The van der Waals surface area contributed by atoms with Crippen molar-refractivity contribution in [2.75, 3.05) is 19.7 Å². The molecule has 6 heteroatoms. The van der Waals surface area contributed by atoms with Crippen molar-refractivity contribution >= 4 is 11.4 Å². The molecule has 4 aromatic rings. The Hall–Kier alpha value is -3.51. The van der Waals surface area contributed by atoms with Crippen molar-refractivity contribution in [2.45, 2.75) is 12.5 Å². The fourth-order valence-corrected chi connectivity index (χ4v) is 3.87. The molecule has 1 atom stereocenters. The minimum atomic E-state index is -0.279. The lowest BCUT2D eigenvalue weighted by molar-refractivity contribution is -0.138. The lowest BCUT2D eigenvalue weighted by atomic mass is 10.1. The first-order valence-electron chi connectivity index (χ1n) is 10.1. The van der Waals surface area contributed by atoms with E-state index < -0.39 is 0 Å². The van der Waals surface area contributed by atoms with E-state index in [2.05, 4.69) is 28.5 Å². The number of amides is 1. The van der Waals surface area contributed by atoms with Gasteiger partial charge in [-0.05, 0) is 17.2 Å². The molecule has 2 aromatic heterocycles. The Morgan fingerprint density at radius 2 is 1.73 bits per heavy atom. The lowest BCUT2D eigenvalue weighted by Crippen LogP contribution is -2.43. The van der Waals surface area contributed by atoms with E-state index in [1.54, 1.807) is 4.52 Å². The quantitative estimate of drug-likeness (QED) is 0.528. The van der Waals surface area contributed by atoms with Crippen molar-refractivity contribution in [2.24, 2.45) is 0 Å². The van der Waals surface area contributed by atoms with Crippen molar-refractivity contribution in [1.82, 2.24) is 19.7 Å². The van der Waals surface area contributed by atoms with Crippen molar-refractivity contribution in [3.05, 3.63) is 90.3 Å². The summed E-state index contributed by atoms with van der Waals surface area (Å²) in [7, 11) is 0. The molecule has 30 heavy (non-hydrogen) atoms. The van der Waals surface area contributed by atoms with Crippen molar-refractivity contribution < 1.29 is 9.53 Å². The van der Waals surface area contributed by atoms with Gasteiger partial charge in [-0.25, -0.2) is 4.52 Å². The number of fused-ring (bicyclic) bond motifs is 1. The second kappa shape index (κ2) is 8.08. The fourth-order valence-electron chi connectivity index (χ4n) is 3.87. The average Bonchev–Trinajstić information content (AvgIpc) is 3.24. The fraction of sp³-hybridized carbons (Fsp3) is 0.208. The maximum Gasteiger partial charge on any atom is 0.227 e. The van der Waals surface area contributed by atoms with Crippen molar-refractivity contribution in [3.8, 4) is 11.1 Å². The van der Waals surface area contributed by atoms with Crippen LogP contribution in [0.25, 0.3) is 16.6 Å². The molecule has 150 valence electrons. The summed E-state index contributed by atoms with van der Waals surface area (Å²) in [4.78, 5) is 14.6. The van der Waals surface area contributed by atoms with E-state index in [0.717, 1.165) is 27.9 Å². The molecule has 0 saturated carbocycles. The molecule has 0 radical (unpaired) electrons. The molecule has 1 aliphatic rings. The molecular weight excluding hydrogens is 376 g/mol. The monoisotopic (exact) mass is 398 g/mol. The molecule has 0 aliphatic carbocycles. The van der Waals surface area contributed by atoms with Crippen LogP contribution in [0.5, 0.6) is 0 Å². The van der Waals surface area contributed by atoms with Crippen LogP contribution in [0.15, 0.2) is 79.0 Å². The minimum absolute atomic E-state index is 0.109. The molecule has 0 N–H and O–H groups in total. The van der Waals surface area contributed by atoms with Gasteiger partial charge in [-0.1, -0.05) is 71.9 Å². The molecule has 1 amide bonds. The molecule has 6 nitrogen and oxygen atoms in total. The lowest BCUT2D eigenvalue weighted by Gasteiger charge is -2.32. The third kappa shape index (κ3) is 3.69. The average molecular weight is 398 g/mol. The van der Waals surface area contributed by atoms with E-state index in [1.165, 1.54) is 0 Å². The summed E-state index contributed by atoms with van der Waals surface area (Å²) in [6.45, 7) is 1.58.